The highest BCUT2D eigenvalue weighted by molar-refractivity contribution is 7.89. The van der Waals surface area contributed by atoms with Gasteiger partial charge in [0.25, 0.3) is 0 Å². The molecule has 0 atom stereocenters. The summed E-state index contributed by atoms with van der Waals surface area (Å²) in [5.74, 6) is 0.590. The van der Waals surface area contributed by atoms with E-state index in [0.29, 0.717) is 16.9 Å². The average Bonchev–Trinajstić information content (AvgIpc) is 3.16. The van der Waals surface area contributed by atoms with Crippen LogP contribution >= 0.6 is 0 Å². The molecule has 4 aromatic rings. The summed E-state index contributed by atoms with van der Waals surface area (Å²) in [6, 6.07) is 18.5. The fourth-order valence-electron chi connectivity index (χ4n) is 3.10. The van der Waals surface area contributed by atoms with Crippen LogP contribution in [0.1, 0.15) is 11.1 Å². The highest BCUT2D eigenvalue weighted by Gasteiger charge is 2.33. The molecule has 1 aromatic heterocycles. The molecule has 0 radical (unpaired) electrons. The number of imidazole rings is 1. The molecule has 0 bridgehead atoms. The van der Waals surface area contributed by atoms with Gasteiger partial charge in [-0.2, -0.15) is 13.2 Å². The normalized spacial score (nSPS) is 12.4. The molecular formula is C21H16F3N3O2S. The van der Waals surface area contributed by atoms with E-state index in [9.17, 15) is 21.6 Å². The standard InChI is InChI=1S/C21H16F3N3O2S/c22-21(23,24)17-9-5-4-8-15(17)13-25-30(28,29)16-10-11-18-19(12-16)27-20(26-18)14-6-2-1-3-7-14/h1-12,25H,13H2,(H,26,27). The highest BCUT2D eigenvalue weighted by atomic mass is 32.2. The van der Waals surface area contributed by atoms with Gasteiger partial charge in [0.2, 0.25) is 10.0 Å². The van der Waals surface area contributed by atoms with Crippen molar-refractivity contribution in [3.8, 4) is 11.4 Å². The van der Waals surface area contributed by atoms with Crippen LogP contribution in [0.3, 0.4) is 0 Å². The van der Waals surface area contributed by atoms with Crippen LogP contribution in [0, 0.1) is 0 Å². The second-order valence-corrected chi connectivity index (χ2v) is 8.38. The topological polar surface area (TPSA) is 74.8 Å². The molecule has 9 heteroatoms. The molecule has 0 saturated heterocycles. The largest absolute Gasteiger partial charge is 0.416 e. The Kier molecular flexibility index (Phi) is 5.08. The van der Waals surface area contributed by atoms with E-state index in [-0.39, 0.29) is 10.5 Å². The van der Waals surface area contributed by atoms with E-state index in [1.54, 1.807) is 6.07 Å². The van der Waals surface area contributed by atoms with Crippen LogP contribution in [0.4, 0.5) is 13.2 Å². The summed E-state index contributed by atoms with van der Waals surface area (Å²) in [6.45, 7) is -0.478. The molecular weight excluding hydrogens is 415 g/mol. The third kappa shape index (κ3) is 4.07. The quantitative estimate of drug-likeness (QED) is 0.480. The molecule has 0 aliphatic carbocycles. The Balaban J connectivity index is 1.60. The molecule has 2 N–H and O–H groups in total. The molecule has 154 valence electrons. The second-order valence-electron chi connectivity index (χ2n) is 6.61. The predicted molar refractivity (Wildman–Crippen MR) is 107 cm³/mol. The maximum absolute atomic E-state index is 13.1. The maximum atomic E-state index is 13.1. The fraction of sp³-hybridized carbons (Fsp3) is 0.0952. The van der Waals surface area contributed by atoms with E-state index in [2.05, 4.69) is 14.7 Å². The van der Waals surface area contributed by atoms with Crippen LogP contribution in [0.15, 0.2) is 77.7 Å². The van der Waals surface area contributed by atoms with Crippen LogP contribution in [0.25, 0.3) is 22.4 Å². The lowest BCUT2D eigenvalue weighted by molar-refractivity contribution is -0.138. The molecule has 0 saturated carbocycles. The zero-order valence-electron chi connectivity index (χ0n) is 15.4. The summed E-state index contributed by atoms with van der Waals surface area (Å²) in [6.07, 6.45) is -4.56. The van der Waals surface area contributed by atoms with E-state index < -0.39 is 28.3 Å². The highest BCUT2D eigenvalue weighted by Crippen LogP contribution is 2.32. The van der Waals surface area contributed by atoms with Crippen molar-refractivity contribution in [2.75, 3.05) is 0 Å². The Morgan fingerprint density at radius 2 is 1.63 bits per heavy atom. The van der Waals surface area contributed by atoms with E-state index in [4.69, 9.17) is 0 Å². The predicted octanol–water partition coefficient (Wildman–Crippen LogP) is 4.73. The number of rotatable bonds is 5. The van der Waals surface area contributed by atoms with E-state index in [1.807, 2.05) is 30.3 Å². The van der Waals surface area contributed by atoms with Gasteiger partial charge in [-0.1, -0.05) is 48.5 Å². The third-order valence-electron chi connectivity index (χ3n) is 4.59. The number of alkyl halides is 3. The maximum Gasteiger partial charge on any atom is 0.416 e. The van der Waals surface area contributed by atoms with Gasteiger partial charge in [-0.05, 0) is 29.8 Å². The number of sulfonamides is 1. The van der Waals surface area contributed by atoms with Crippen molar-refractivity contribution in [3.63, 3.8) is 0 Å². The number of nitrogens with one attached hydrogen (secondary N) is 2. The first-order valence-corrected chi connectivity index (χ1v) is 10.4. The molecule has 5 nitrogen and oxygen atoms in total. The molecule has 0 aliphatic heterocycles. The number of benzene rings is 3. The SMILES string of the molecule is O=S(=O)(NCc1ccccc1C(F)(F)F)c1ccc2nc(-c3ccccc3)[nH]c2c1. The zero-order chi connectivity index (χ0) is 21.4. The van der Waals surface area contributed by atoms with Gasteiger partial charge in [0.1, 0.15) is 5.82 Å². The summed E-state index contributed by atoms with van der Waals surface area (Å²) in [5.41, 5.74) is 0.911. The van der Waals surface area contributed by atoms with Gasteiger partial charge < -0.3 is 4.98 Å². The van der Waals surface area contributed by atoms with Crippen LogP contribution < -0.4 is 4.72 Å². The van der Waals surface area contributed by atoms with Crippen LogP contribution in [-0.4, -0.2) is 18.4 Å². The first-order chi connectivity index (χ1) is 14.2. The first-order valence-electron chi connectivity index (χ1n) is 8.94. The summed E-state index contributed by atoms with van der Waals surface area (Å²) in [5, 5.41) is 0. The number of hydrogen-bond donors (Lipinski definition) is 2. The van der Waals surface area contributed by atoms with E-state index in [0.717, 1.165) is 11.6 Å². The molecule has 3 aromatic carbocycles. The third-order valence-corrected chi connectivity index (χ3v) is 5.99. The number of H-pyrrole nitrogens is 1. The van der Waals surface area contributed by atoms with Gasteiger partial charge in [0.15, 0.2) is 0 Å². The van der Waals surface area contributed by atoms with Crippen LogP contribution in [-0.2, 0) is 22.7 Å². The van der Waals surface area contributed by atoms with Crippen molar-refractivity contribution in [2.45, 2.75) is 17.6 Å². The lowest BCUT2D eigenvalue weighted by atomic mass is 10.1. The van der Waals surface area contributed by atoms with E-state index in [1.165, 1.54) is 30.3 Å². The number of nitrogens with zero attached hydrogens (tertiary/aromatic N) is 1. The second kappa shape index (κ2) is 7.58. The Morgan fingerprint density at radius 3 is 2.37 bits per heavy atom. The van der Waals surface area contributed by atoms with E-state index >= 15 is 0 Å². The van der Waals surface area contributed by atoms with Gasteiger partial charge >= 0.3 is 6.18 Å². The van der Waals surface area contributed by atoms with Gasteiger partial charge in [-0.3, -0.25) is 0 Å². The number of halogens is 3. The Hall–Kier alpha value is -3.17. The van der Waals surface area contributed by atoms with Crippen molar-refractivity contribution < 1.29 is 21.6 Å². The average molecular weight is 431 g/mol. The fourth-order valence-corrected chi connectivity index (χ4v) is 4.13. The molecule has 1 heterocycles. The van der Waals surface area contributed by atoms with Crippen LogP contribution in [0.5, 0.6) is 0 Å². The van der Waals surface area contributed by atoms with Crippen molar-refractivity contribution in [1.82, 2.24) is 14.7 Å². The number of aromatic amines is 1. The molecule has 0 fully saturated rings. The minimum Gasteiger partial charge on any atom is -0.338 e. The molecule has 0 aliphatic rings. The summed E-state index contributed by atoms with van der Waals surface area (Å²) in [4.78, 5) is 7.45. The lowest BCUT2D eigenvalue weighted by Gasteiger charge is -2.13. The summed E-state index contributed by atoms with van der Waals surface area (Å²) in [7, 11) is -4.03. The monoisotopic (exact) mass is 431 g/mol. The van der Waals surface area contributed by atoms with Gasteiger partial charge in [0, 0.05) is 12.1 Å². The van der Waals surface area contributed by atoms with Gasteiger partial charge in [-0.25, -0.2) is 18.1 Å². The molecule has 4 rings (SSSR count). The van der Waals surface area contributed by atoms with Crippen molar-refractivity contribution in [2.24, 2.45) is 0 Å². The smallest absolute Gasteiger partial charge is 0.338 e. The van der Waals surface area contributed by atoms with Crippen molar-refractivity contribution in [3.05, 3.63) is 83.9 Å². The minimum atomic E-state index is -4.56. The molecule has 0 unspecified atom stereocenters. The molecule has 0 spiro atoms. The molecule has 0 amide bonds. The Labute approximate surface area is 170 Å². The number of hydrogen-bond acceptors (Lipinski definition) is 3. The zero-order valence-corrected chi connectivity index (χ0v) is 16.3. The van der Waals surface area contributed by atoms with Gasteiger partial charge in [0.05, 0.1) is 21.5 Å². The Morgan fingerprint density at radius 1 is 0.933 bits per heavy atom. The molecule has 30 heavy (non-hydrogen) atoms. The van der Waals surface area contributed by atoms with Crippen molar-refractivity contribution >= 4 is 21.1 Å². The minimum absolute atomic E-state index is 0.0669. The summed E-state index contributed by atoms with van der Waals surface area (Å²) < 4.78 is 66.9. The number of fused-ring (bicyclic) bond motifs is 1. The van der Waals surface area contributed by atoms with Gasteiger partial charge in [-0.15, -0.1) is 0 Å². The van der Waals surface area contributed by atoms with Crippen molar-refractivity contribution in [1.29, 1.82) is 0 Å². The van der Waals surface area contributed by atoms with Crippen LogP contribution in [0.2, 0.25) is 0 Å². The Bertz CT molecular complexity index is 1300. The lowest BCUT2D eigenvalue weighted by Crippen LogP contribution is -2.24. The summed E-state index contributed by atoms with van der Waals surface area (Å²) >= 11 is 0. The number of aromatic nitrogens is 2. The first kappa shape index (κ1) is 20.1.